The molecule has 0 unspecified atom stereocenters. The van der Waals surface area contributed by atoms with E-state index in [1.54, 1.807) is 0 Å². The van der Waals surface area contributed by atoms with E-state index < -0.39 is 10.4 Å². The van der Waals surface area contributed by atoms with E-state index in [0.717, 1.165) is 30.0 Å². The zero-order valence-electron chi connectivity index (χ0n) is 7.59. The first-order chi connectivity index (χ1) is 5.48. The maximum atomic E-state index is 12.2. The molecule has 3 nitrogen and oxygen atoms in total. The summed E-state index contributed by atoms with van der Waals surface area (Å²) in [7, 11) is -3.21. The van der Waals surface area contributed by atoms with E-state index in [-0.39, 0.29) is 6.54 Å². The lowest BCUT2D eigenvalue weighted by Crippen LogP contribution is -2.23. The van der Waals surface area contributed by atoms with E-state index in [2.05, 4.69) is 6.92 Å². The summed E-state index contributed by atoms with van der Waals surface area (Å²) in [5.74, 6) is 0. The van der Waals surface area contributed by atoms with Crippen LogP contribution in [0.1, 0.15) is 32.6 Å². The van der Waals surface area contributed by atoms with E-state index >= 15 is 0 Å². The standard InChI is InChI=1S/C7H16FNO2S/c1-3-4-5-6-7-9(2)12(8,10)11/h3-7H2,1-2H3. The molecule has 0 heterocycles. The van der Waals surface area contributed by atoms with Gasteiger partial charge in [-0.1, -0.05) is 30.1 Å². The predicted molar refractivity (Wildman–Crippen MR) is 46.8 cm³/mol. The summed E-state index contributed by atoms with van der Waals surface area (Å²) in [5.41, 5.74) is 0. The third-order valence-electron chi connectivity index (χ3n) is 1.70. The van der Waals surface area contributed by atoms with E-state index in [9.17, 15) is 12.3 Å². The highest BCUT2D eigenvalue weighted by Crippen LogP contribution is 2.04. The molecule has 0 radical (unpaired) electrons. The zero-order valence-corrected chi connectivity index (χ0v) is 8.40. The predicted octanol–water partition coefficient (Wildman–Crippen LogP) is 1.71. The fourth-order valence-electron chi connectivity index (χ4n) is 0.870. The van der Waals surface area contributed by atoms with Crippen LogP contribution in [0.4, 0.5) is 3.89 Å². The second kappa shape index (κ2) is 5.48. The van der Waals surface area contributed by atoms with Crippen molar-refractivity contribution in [3.05, 3.63) is 0 Å². The number of hydrogen-bond donors (Lipinski definition) is 0. The first kappa shape index (κ1) is 11.8. The minimum Gasteiger partial charge on any atom is -0.178 e. The van der Waals surface area contributed by atoms with Crippen LogP contribution in [0.15, 0.2) is 0 Å². The van der Waals surface area contributed by atoms with Crippen LogP contribution in [0.3, 0.4) is 0 Å². The van der Waals surface area contributed by atoms with Crippen LogP contribution in [0, 0.1) is 0 Å². The average Bonchev–Trinajstić information content (AvgIpc) is 1.96. The molecule has 0 aliphatic rings. The molecule has 0 atom stereocenters. The molecular weight excluding hydrogens is 181 g/mol. The van der Waals surface area contributed by atoms with Crippen molar-refractivity contribution in [2.75, 3.05) is 13.6 Å². The summed E-state index contributed by atoms with van der Waals surface area (Å²) in [6.45, 7) is 2.34. The van der Waals surface area contributed by atoms with Crippen molar-refractivity contribution in [2.45, 2.75) is 32.6 Å². The Hall–Kier alpha value is -0.160. The number of rotatable bonds is 6. The lowest BCUT2D eigenvalue weighted by Gasteiger charge is -2.09. The van der Waals surface area contributed by atoms with Gasteiger partial charge in [0.25, 0.3) is 0 Å². The molecule has 0 aromatic rings. The van der Waals surface area contributed by atoms with Crippen LogP contribution >= 0.6 is 0 Å². The van der Waals surface area contributed by atoms with Gasteiger partial charge in [0.1, 0.15) is 0 Å². The lowest BCUT2D eigenvalue weighted by molar-refractivity contribution is 0.420. The summed E-state index contributed by atoms with van der Waals surface area (Å²) in [5, 5.41) is 0. The second-order valence-electron chi connectivity index (χ2n) is 2.82. The quantitative estimate of drug-likeness (QED) is 0.480. The topological polar surface area (TPSA) is 37.4 Å². The Bertz CT molecular complexity index is 203. The molecule has 0 N–H and O–H groups in total. The van der Waals surface area contributed by atoms with Crippen LogP contribution in [-0.2, 0) is 10.4 Å². The number of unbranched alkanes of at least 4 members (excludes halogenated alkanes) is 3. The van der Waals surface area contributed by atoms with Gasteiger partial charge in [0.05, 0.1) is 0 Å². The van der Waals surface area contributed by atoms with Crippen molar-refractivity contribution in [1.82, 2.24) is 4.31 Å². The van der Waals surface area contributed by atoms with Gasteiger partial charge < -0.3 is 0 Å². The summed E-state index contributed by atoms with van der Waals surface area (Å²) in [6, 6.07) is 0. The maximum Gasteiger partial charge on any atom is 0.374 e. The smallest absolute Gasteiger partial charge is 0.178 e. The number of hydrogen-bond acceptors (Lipinski definition) is 2. The van der Waals surface area contributed by atoms with Gasteiger partial charge in [0, 0.05) is 13.6 Å². The third-order valence-corrected chi connectivity index (χ3v) is 2.63. The Balaban J connectivity index is 3.52. The van der Waals surface area contributed by atoms with Gasteiger partial charge >= 0.3 is 10.4 Å². The molecule has 0 aliphatic heterocycles. The first-order valence-electron chi connectivity index (χ1n) is 4.14. The highest BCUT2D eigenvalue weighted by atomic mass is 32.3. The molecule has 12 heavy (non-hydrogen) atoms. The number of halogens is 1. The summed E-state index contributed by atoms with van der Waals surface area (Å²) < 4.78 is 33.4. The lowest BCUT2D eigenvalue weighted by atomic mass is 10.2. The van der Waals surface area contributed by atoms with Gasteiger partial charge in [-0.05, 0) is 6.42 Å². The minimum atomic E-state index is -4.46. The Morgan fingerprint density at radius 3 is 2.25 bits per heavy atom. The fourth-order valence-corrected chi connectivity index (χ4v) is 1.22. The minimum absolute atomic E-state index is 0.277. The fraction of sp³-hybridized carbons (Fsp3) is 1.00. The van der Waals surface area contributed by atoms with Crippen LogP contribution in [0.25, 0.3) is 0 Å². The average molecular weight is 197 g/mol. The van der Waals surface area contributed by atoms with Crippen molar-refractivity contribution in [1.29, 1.82) is 0 Å². The molecule has 74 valence electrons. The highest BCUT2D eigenvalue weighted by molar-refractivity contribution is 7.83. The summed E-state index contributed by atoms with van der Waals surface area (Å²) >= 11 is 0. The van der Waals surface area contributed by atoms with E-state index in [1.165, 1.54) is 7.05 Å². The van der Waals surface area contributed by atoms with E-state index in [4.69, 9.17) is 0 Å². The molecule has 0 aromatic carbocycles. The van der Waals surface area contributed by atoms with Gasteiger partial charge in [0.2, 0.25) is 0 Å². The van der Waals surface area contributed by atoms with Gasteiger partial charge in [0.15, 0.2) is 0 Å². The van der Waals surface area contributed by atoms with Gasteiger partial charge in [-0.2, -0.15) is 12.7 Å². The van der Waals surface area contributed by atoms with Gasteiger partial charge in [-0.3, -0.25) is 0 Å². The van der Waals surface area contributed by atoms with E-state index in [0.29, 0.717) is 0 Å². The van der Waals surface area contributed by atoms with Crippen LogP contribution in [0.5, 0.6) is 0 Å². The molecule has 0 aromatic heterocycles. The molecular formula is C7H16FNO2S. The van der Waals surface area contributed by atoms with Crippen molar-refractivity contribution in [3.63, 3.8) is 0 Å². The molecule has 0 saturated heterocycles. The summed E-state index contributed by atoms with van der Waals surface area (Å²) in [6.07, 6.45) is 3.84. The molecule has 0 saturated carbocycles. The van der Waals surface area contributed by atoms with Crippen molar-refractivity contribution in [2.24, 2.45) is 0 Å². The first-order valence-corrected chi connectivity index (χ1v) is 5.48. The van der Waals surface area contributed by atoms with Crippen LogP contribution in [0.2, 0.25) is 0 Å². The van der Waals surface area contributed by atoms with E-state index in [1.807, 2.05) is 0 Å². The molecule has 0 bridgehead atoms. The molecule has 0 aliphatic carbocycles. The Kier molecular flexibility index (Phi) is 5.41. The van der Waals surface area contributed by atoms with Crippen molar-refractivity contribution >= 4 is 10.4 Å². The molecule has 0 amide bonds. The molecule has 0 rings (SSSR count). The van der Waals surface area contributed by atoms with Crippen molar-refractivity contribution in [3.8, 4) is 0 Å². The van der Waals surface area contributed by atoms with Crippen molar-refractivity contribution < 1.29 is 12.3 Å². The van der Waals surface area contributed by atoms with Crippen LogP contribution in [-0.4, -0.2) is 26.3 Å². The second-order valence-corrected chi connectivity index (χ2v) is 4.27. The Labute approximate surface area is 73.9 Å². The number of nitrogens with zero attached hydrogens (tertiary/aromatic N) is 1. The molecule has 0 spiro atoms. The van der Waals surface area contributed by atoms with Gasteiger partial charge in [-0.15, -0.1) is 0 Å². The largest absolute Gasteiger partial charge is 0.374 e. The van der Waals surface area contributed by atoms with Gasteiger partial charge in [-0.25, -0.2) is 0 Å². The SMILES string of the molecule is CCCCCCN(C)S(=O)(=O)F. The monoisotopic (exact) mass is 197 g/mol. The molecule has 0 fully saturated rings. The maximum absolute atomic E-state index is 12.2. The summed E-state index contributed by atoms with van der Waals surface area (Å²) in [4.78, 5) is 0. The molecule has 5 heteroatoms. The Morgan fingerprint density at radius 2 is 1.83 bits per heavy atom. The highest BCUT2D eigenvalue weighted by Gasteiger charge is 2.13. The Morgan fingerprint density at radius 1 is 1.25 bits per heavy atom. The normalized spacial score (nSPS) is 12.3. The third kappa shape index (κ3) is 5.49. The van der Waals surface area contributed by atoms with Crippen LogP contribution < -0.4 is 0 Å². The zero-order chi connectivity index (χ0) is 9.61.